The van der Waals surface area contributed by atoms with Crippen LogP contribution in [0.5, 0.6) is 0 Å². The summed E-state index contributed by atoms with van der Waals surface area (Å²) >= 11 is 0. The summed E-state index contributed by atoms with van der Waals surface area (Å²) in [6.07, 6.45) is 2.09. The van der Waals surface area contributed by atoms with Gasteiger partial charge in [-0.15, -0.1) is 0 Å². The minimum absolute atomic E-state index is 0.0395. The van der Waals surface area contributed by atoms with Gasteiger partial charge in [0.25, 0.3) is 5.91 Å². The highest BCUT2D eigenvalue weighted by Crippen LogP contribution is 2.29. The molecule has 2 aliphatic heterocycles. The van der Waals surface area contributed by atoms with E-state index in [0.717, 1.165) is 76.3 Å². The molecule has 0 bridgehead atoms. The number of carbonyl (C=O) groups excluding carboxylic acids is 1. The first-order chi connectivity index (χ1) is 17.0. The summed E-state index contributed by atoms with van der Waals surface area (Å²) in [5.74, 6) is -0.0395. The molecule has 1 amide bonds. The van der Waals surface area contributed by atoms with Gasteiger partial charge in [-0.3, -0.25) is 9.69 Å². The molecular weight excluding hydrogens is 436 g/mol. The average molecular weight is 471 g/mol. The second-order valence-electron chi connectivity index (χ2n) is 9.75. The van der Waals surface area contributed by atoms with Crippen molar-refractivity contribution >= 4 is 5.91 Å². The summed E-state index contributed by atoms with van der Waals surface area (Å²) in [7, 11) is 4.23. The van der Waals surface area contributed by atoms with Gasteiger partial charge in [0.2, 0.25) is 0 Å². The largest absolute Gasteiger partial charge is 0.337 e. The van der Waals surface area contributed by atoms with Crippen molar-refractivity contribution in [3.63, 3.8) is 0 Å². The zero-order valence-corrected chi connectivity index (χ0v) is 20.8. The number of carbonyl (C=O) groups is 1. The van der Waals surface area contributed by atoms with E-state index in [1.807, 2.05) is 23.1 Å². The van der Waals surface area contributed by atoms with Crippen LogP contribution in [-0.4, -0.2) is 92.0 Å². The first-order valence-corrected chi connectivity index (χ1v) is 12.4. The van der Waals surface area contributed by atoms with E-state index in [4.69, 9.17) is 0 Å². The van der Waals surface area contributed by atoms with Crippen LogP contribution >= 0.6 is 0 Å². The summed E-state index contributed by atoms with van der Waals surface area (Å²) < 4.78 is 0. The fourth-order valence-corrected chi connectivity index (χ4v) is 4.97. The molecule has 35 heavy (non-hydrogen) atoms. The maximum absolute atomic E-state index is 13.1. The Hall–Kier alpha value is -3.23. The molecule has 0 spiro atoms. The highest BCUT2D eigenvalue weighted by Gasteiger charge is 2.21. The van der Waals surface area contributed by atoms with Crippen molar-refractivity contribution in [2.45, 2.75) is 19.4 Å². The molecule has 0 unspecified atom stereocenters. The van der Waals surface area contributed by atoms with Crippen molar-refractivity contribution in [1.29, 1.82) is 10.5 Å². The lowest BCUT2D eigenvalue weighted by atomic mass is 9.93. The van der Waals surface area contributed by atoms with Gasteiger partial charge < -0.3 is 14.7 Å². The van der Waals surface area contributed by atoms with Gasteiger partial charge in [-0.2, -0.15) is 10.5 Å². The molecule has 2 fully saturated rings. The number of amides is 1. The molecule has 2 heterocycles. The van der Waals surface area contributed by atoms with Gasteiger partial charge in [0.1, 0.15) is 0 Å². The van der Waals surface area contributed by atoms with Crippen LogP contribution in [0.2, 0.25) is 0 Å². The predicted octanol–water partition coefficient (Wildman–Crippen LogP) is 3.01. The zero-order valence-electron chi connectivity index (χ0n) is 20.8. The Balaban J connectivity index is 1.55. The Morgan fingerprint density at radius 1 is 0.771 bits per heavy atom. The molecule has 0 atom stereocenters. The molecule has 4 rings (SSSR count). The molecule has 2 aliphatic rings. The van der Waals surface area contributed by atoms with Crippen LogP contribution in [0.15, 0.2) is 36.4 Å². The summed E-state index contributed by atoms with van der Waals surface area (Å²) in [6.45, 7) is 8.28. The molecule has 2 aromatic carbocycles. The van der Waals surface area contributed by atoms with Gasteiger partial charge >= 0.3 is 0 Å². The van der Waals surface area contributed by atoms with E-state index in [1.165, 1.54) is 0 Å². The molecule has 0 aromatic heterocycles. The molecule has 0 saturated carbocycles. The van der Waals surface area contributed by atoms with Crippen LogP contribution in [-0.2, 0) is 6.54 Å². The van der Waals surface area contributed by atoms with Gasteiger partial charge in [-0.05, 0) is 70.3 Å². The van der Waals surface area contributed by atoms with E-state index >= 15 is 0 Å². The van der Waals surface area contributed by atoms with Gasteiger partial charge in [0, 0.05) is 56.0 Å². The quantitative estimate of drug-likeness (QED) is 0.684. The SMILES string of the molecule is CN1CCCN(Cc2ccc(-c3ccc(C(=O)N4CCCN(C)CC4)cc3C#N)c(C#N)c2)CC1. The van der Waals surface area contributed by atoms with E-state index in [0.29, 0.717) is 28.8 Å². The van der Waals surface area contributed by atoms with Crippen molar-refractivity contribution in [3.8, 4) is 23.3 Å². The number of hydrogen-bond donors (Lipinski definition) is 0. The predicted molar refractivity (Wildman–Crippen MR) is 137 cm³/mol. The van der Waals surface area contributed by atoms with Crippen molar-refractivity contribution in [2.75, 3.05) is 66.5 Å². The molecule has 0 radical (unpaired) electrons. The van der Waals surface area contributed by atoms with Crippen LogP contribution in [0.3, 0.4) is 0 Å². The lowest BCUT2D eigenvalue weighted by Gasteiger charge is -2.21. The van der Waals surface area contributed by atoms with Crippen LogP contribution in [0.1, 0.15) is 39.9 Å². The highest BCUT2D eigenvalue weighted by atomic mass is 16.2. The Kier molecular flexibility index (Phi) is 8.15. The molecule has 0 N–H and O–H groups in total. The number of hydrogen-bond acceptors (Lipinski definition) is 6. The second kappa shape index (κ2) is 11.5. The third-order valence-electron chi connectivity index (χ3n) is 7.11. The minimum atomic E-state index is -0.0395. The van der Waals surface area contributed by atoms with Crippen LogP contribution in [0, 0.1) is 22.7 Å². The normalized spacial score (nSPS) is 18.3. The van der Waals surface area contributed by atoms with Gasteiger partial charge in [0.05, 0.1) is 23.3 Å². The number of nitrogens with zero attached hydrogens (tertiary/aromatic N) is 6. The molecule has 7 nitrogen and oxygen atoms in total. The van der Waals surface area contributed by atoms with E-state index in [2.05, 4.69) is 47.0 Å². The zero-order chi connectivity index (χ0) is 24.8. The number of benzene rings is 2. The number of nitriles is 2. The molecular formula is C28H34N6O. The Morgan fingerprint density at radius 2 is 1.40 bits per heavy atom. The van der Waals surface area contributed by atoms with Crippen LogP contribution in [0.25, 0.3) is 11.1 Å². The minimum Gasteiger partial charge on any atom is -0.337 e. The first kappa shape index (κ1) is 24.9. The second-order valence-corrected chi connectivity index (χ2v) is 9.75. The third-order valence-corrected chi connectivity index (χ3v) is 7.11. The molecule has 0 aliphatic carbocycles. The fraction of sp³-hybridized carbons (Fsp3) is 0.464. The van der Waals surface area contributed by atoms with Gasteiger partial charge in [0.15, 0.2) is 0 Å². The van der Waals surface area contributed by atoms with Crippen LogP contribution < -0.4 is 0 Å². The molecule has 7 heteroatoms. The van der Waals surface area contributed by atoms with E-state index in [9.17, 15) is 15.3 Å². The monoisotopic (exact) mass is 470 g/mol. The lowest BCUT2D eigenvalue weighted by molar-refractivity contribution is 0.0763. The van der Waals surface area contributed by atoms with Crippen molar-refractivity contribution in [3.05, 3.63) is 58.7 Å². The van der Waals surface area contributed by atoms with Gasteiger partial charge in [-0.25, -0.2) is 0 Å². The maximum atomic E-state index is 13.1. The Labute approximate surface area is 208 Å². The summed E-state index contributed by atoms with van der Waals surface area (Å²) in [4.78, 5) is 22.0. The maximum Gasteiger partial charge on any atom is 0.253 e. The smallest absolute Gasteiger partial charge is 0.253 e. The van der Waals surface area contributed by atoms with Gasteiger partial charge in [-0.1, -0.05) is 18.2 Å². The molecule has 2 saturated heterocycles. The Morgan fingerprint density at radius 3 is 2.11 bits per heavy atom. The lowest BCUT2D eigenvalue weighted by Crippen LogP contribution is -2.34. The van der Waals surface area contributed by atoms with Crippen molar-refractivity contribution in [1.82, 2.24) is 19.6 Å². The topological polar surface area (TPSA) is 77.6 Å². The van der Waals surface area contributed by atoms with E-state index in [-0.39, 0.29) is 5.91 Å². The summed E-state index contributed by atoms with van der Waals surface area (Å²) in [5.41, 5.74) is 4.03. The number of likely N-dealkylation sites (N-methyl/N-ethyl adjacent to an activating group) is 2. The highest BCUT2D eigenvalue weighted by molar-refractivity contribution is 5.95. The molecule has 182 valence electrons. The van der Waals surface area contributed by atoms with E-state index in [1.54, 1.807) is 12.1 Å². The standard InChI is InChI=1S/C28H34N6O/c1-31-9-3-11-33(15-13-31)21-22-5-7-26(24(17-22)19-29)27-8-6-23(18-25(27)20-30)28(35)34-12-4-10-32(2)14-16-34/h5-8,17-18H,3-4,9-16,21H2,1-2H3. The van der Waals surface area contributed by atoms with Crippen molar-refractivity contribution < 1.29 is 4.79 Å². The average Bonchev–Trinajstić information content (AvgIpc) is 3.22. The third kappa shape index (κ3) is 6.07. The fourth-order valence-electron chi connectivity index (χ4n) is 4.97. The van der Waals surface area contributed by atoms with E-state index < -0.39 is 0 Å². The Bertz CT molecular complexity index is 1150. The number of rotatable bonds is 4. The summed E-state index contributed by atoms with van der Waals surface area (Å²) in [5, 5.41) is 19.8. The van der Waals surface area contributed by atoms with Crippen molar-refractivity contribution in [2.24, 2.45) is 0 Å². The van der Waals surface area contributed by atoms with Crippen LogP contribution in [0.4, 0.5) is 0 Å². The first-order valence-electron chi connectivity index (χ1n) is 12.4. The molecule has 2 aromatic rings. The summed E-state index contributed by atoms with van der Waals surface area (Å²) in [6, 6.07) is 15.8.